The molecule has 0 aliphatic carbocycles. The number of nitrogens with one attached hydrogen (secondary N) is 1. The fourth-order valence-electron chi connectivity index (χ4n) is 2.13. The van der Waals surface area contributed by atoms with Crippen molar-refractivity contribution in [2.45, 2.75) is 26.9 Å². The number of nitrogens with zero attached hydrogens (tertiary/aromatic N) is 2. The summed E-state index contributed by atoms with van der Waals surface area (Å²) in [5.41, 5.74) is 3.80. The number of fused-ring (bicyclic) bond motifs is 1. The lowest BCUT2D eigenvalue weighted by molar-refractivity contribution is 0.242. The molecule has 0 radical (unpaired) electrons. The first-order valence-electron chi connectivity index (χ1n) is 6.71. The largest absolute Gasteiger partial charge is 0.491 e. The molecule has 4 nitrogen and oxygen atoms in total. The van der Waals surface area contributed by atoms with Crippen molar-refractivity contribution in [3.63, 3.8) is 0 Å². The number of hydrogen-bond donors (Lipinski definition) is 1. The van der Waals surface area contributed by atoms with Crippen LogP contribution in [-0.4, -0.2) is 21.1 Å². The molecule has 20 heavy (non-hydrogen) atoms. The Hall–Kier alpha value is -2.36. The Labute approximate surface area is 117 Å². The number of benzene rings is 1. The van der Waals surface area contributed by atoms with Crippen LogP contribution >= 0.6 is 0 Å². The van der Waals surface area contributed by atoms with Crippen LogP contribution in [0.1, 0.15) is 19.4 Å². The molecule has 0 aliphatic heterocycles. The molecule has 1 N–H and O–H groups in total. The molecule has 0 aliphatic rings. The van der Waals surface area contributed by atoms with Gasteiger partial charge in [-0.25, -0.2) is 9.97 Å². The maximum atomic E-state index is 5.71. The first-order valence-corrected chi connectivity index (χ1v) is 6.71. The van der Waals surface area contributed by atoms with E-state index in [2.05, 4.69) is 15.0 Å². The molecule has 2 aromatic heterocycles. The van der Waals surface area contributed by atoms with Crippen LogP contribution in [0.15, 0.2) is 36.5 Å². The maximum Gasteiger partial charge on any atom is 0.178 e. The van der Waals surface area contributed by atoms with Gasteiger partial charge in [-0.3, -0.25) is 0 Å². The minimum atomic E-state index is 0.158. The minimum Gasteiger partial charge on any atom is -0.491 e. The van der Waals surface area contributed by atoms with E-state index in [1.54, 1.807) is 0 Å². The molecule has 0 amide bonds. The normalized spacial score (nSPS) is 11.2. The van der Waals surface area contributed by atoms with Crippen molar-refractivity contribution in [1.82, 2.24) is 15.0 Å². The molecule has 3 aromatic rings. The number of H-pyrrole nitrogens is 1. The zero-order chi connectivity index (χ0) is 14.1. The number of rotatable bonds is 3. The number of imidazole rings is 1. The smallest absolute Gasteiger partial charge is 0.178 e. The van der Waals surface area contributed by atoms with Gasteiger partial charge in [-0.15, -0.1) is 0 Å². The standard InChI is InChI=1S/C16H17N3O/c1-10(2)20-13-6-4-5-12(8-13)15-18-14-7-11(3)9-17-16(14)19-15/h4-10H,1-3H3,(H,17,18,19). The second kappa shape index (κ2) is 4.96. The summed E-state index contributed by atoms with van der Waals surface area (Å²) in [6, 6.07) is 9.98. The van der Waals surface area contributed by atoms with Crippen LogP contribution in [0.4, 0.5) is 0 Å². The Morgan fingerprint density at radius 2 is 2.05 bits per heavy atom. The number of pyridine rings is 1. The monoisotopic (exact) mass is 267 g/mol. The van der Waals surface area contributed by atoms with Crippen LogP contribution in [0.3, 0.4) is 0 Å². The van der Waals surface area contributed by atoms with E-state index in [0.29, 0.717) is 0 Å². The first-order chi connectivity index (χ1) is 9.61. The topological polar surface area (TPSA) is 50.8 Å². The summed E-state index contributed by atoms with van der Waals surface area (Å²) in [5, 5.41) is 0. The van der Waals surface area contributed by atoms with Gasteiger partial charge in [-0.05, 0) is 44.5 Å². The van der Waals surface area contributed by atoms with Crippen LogP contribution < -0.4 is 4.74 Å². The lowest BCUT2D eigenvalue weighted by atomic mass is 10.2. The Morgan fingerprint density at radius 1 is 1.20 bits per heavy atom. The van der Waals surface area contributed by atoms with Crippen LogP contribution in [0, 0.1) is 6.92 Å². The highest BCUT2D eigenvalue weighted by molar-refractivity contribution is 5.76. The molecule has 3 rings (SSSR count). The number of ether oxygens (including phenoxy) is 1. The fraction of sp³-hybridized carbons (Fsp3) is 0.250. The third-order valence-electron chi connectivity index (χ3n) is 2.95. The summed E-state index contributed by atoms with van der Waals surface area (Å²) >= 11 is 0. The van der Waals surface area contributed by atoms with Crippen molar-refractivity contribution in [1.29, 1.82) is 0 Å². The van der Waals surface area contributed by atoms with E-state index in [4.69, 9.17) is 4.74 Å². The lowest BCUT2D eigenvalue weighted by Gasteiger charge is -2.09. The highest BCUT2D eigenvalue weighted by atomic mass is 16.5. The maximum absolute atomic E-state index is 5.71. The van der Waals surface area contributed by atoms with Gasteiger partial charge >= 0.3 is 0 Å². The van der Waals surface area contributed by atoms with Crippen molar-refractivity contribution in [3.05, 3.63) is 42.1 Å². The number of hydrogen-bond acceptors (Lipinski definition) is 3. The molecule has 0 bridgehead atoms. The Morgan fingerprint density at radius 3 is 2.85 bits per heavy atom. The average Bonchev–Trinajstić information content (AvgIpc) is 2.81. The van der Waals surface area contributed by atoms with Crippen molar-refractivity contribution in [2.24, 2.45) is 0 Å². The third-order valence-corrected chi connectivity index (χ3v) is 2.95. The van der Waals surface area contributed by atoms with Crippen LogP contribution in [0.5, 0.6) is 5.75 Å². The summed E-state index contributed by atoms with van der Waals surface area (Å²) in [5.74, 6) is 1.66. The second-order valence-electron chi connectivity index (χ2n) is 5.16. The second-order valence-corrected chi connectivity index (χ2v) is 5.16. The SMILES string of the molecule is Cc1cnc2nc(-c3cccc(OC(C)C)c3)[nH]c2c1. The van der Waals surface area contributed by atoms with E-state index in [1.165, 1.54) is 0 Å². The van der Waals surface area contributed by atoms with Gasteiger partial charge in [-0.1, -0.05) is 12.1 Å². The highest BCUT2D eigenvalue weighted by Crippen LogP contribution is 2.24. The van der Waals surface area contributed by atoms with E-state index in [1.807, 2.05) is 57.3 Å². The summed E-state index contributed by atoms with van der Waals surface area (Å²) < 4.78 is 5.71. The molecule has 1 aromatic carbocycles. The Bertz CT molecular complexity index is 746. The fourth-order valence-corrected chi connectivity index (χ4v) is 2.13. The minimum absolute atomic E-state index is 0.158. The van der Waals surface area contributed by atoms with Gasteiger partial charge < -0.3 is 9.72 Å². The highest BCUT2D eigenvalue weighted by Gasteiger charge is 2.07. The predicted octanol–water partition coefficient (Wildman–Crippen LogP) is 3.72. The number of aromatic amines is 1. The quantitative estimate of drug-likeness (QED) is 0.786. The van der Waals surface area contributed by atoms with Gasteiger partial charge in [0.1, 0.15) is 11.6 Å². The first kappa shape index (κ1) is 12.7. The summed E-state index contributed by atoms with van der Waals surface area (Å²) in [7, 11) is 0. The van der Waals surface area contributed by atoms with E-state index >= 15 is 0 Å². The molecule has 0 saturated heterocycles. The van der Waals surface area contributed by atoms with E-state index < -0.39 is 0 Å². The molecule has 0 saturated carbocycles. The van der Waals surface area contributed by atoms with Crippen molar-refractivity contribution >= 4 is 11.2 Å². The van der Waals surface area contributed by atoms with Crippen LogP contribution in [0.25, 0.3) is 22.6 Å². The third kappa shape index (κ3) is 2.50. The van der Waals surface area contributed by atoms with Gasteiger partial charge in [0.25, 0.3) is 0 Å². The van der Waals surface area contributed by atoms with Crippen LogP contribution in [0.2, 0.25) is 0 Å². The molecule has 2 heterocycles. The van der Waals surface area contributed by atoms with Gasteiger partial charge in [0.15, 0.2) is 5.65 Å². The number of aryl methyl sites for hydroxylation is 1. The van der Waals surface area contributed by atoms with Gasteiger partial charge in [-0.2, -0.15) is 0 Å². The molecule has 0 fully saturated rings. The summed E-state index contributed by atoms with van der Waals surface area (Å²) in [6.07, 6.45) is 1.98. The molecule has 0 atom stereocenters. The van der Waals surface area contributed by atoms with Crippen molar-refractivity contribution in [2.75, 3.05) is 0 Å². The molecule has 4 heteroatoms. The summed E-state index contributed by atoms with van der Waals surface area (Å²) in [4.78, 5) is 12.2. The average molecular weight is 267 g/mol. The Balaban J connectivity index is 2.01. The van der Waals surface area contributed by atoms with Crippen molar-refractivity contribution in [3.8, 4) is 17.1 Å². The predicted molar refractivity (Wildman–Crippen MR) is 79.8 cm³/mol. The molecule has 0 spiro atoms. The van der Waals surface area contributed by atoms with Crippen LogP contribution in [-0.2, 0) is 0 Å². The lowest BCUT2D eigenvalue weighted by Crippen LogP contribution is -2.05. The van der Waals surface area contributed by atoms with Crippen molar-refractivity contribution < 1.29 is 4.74 Å². The molecular formula is C16H17N3O. The molecule has 102 valence electrons. The summed E-state index contributed by atoms with van der Waals surface area (Å²) in [6.45, 7) is 6.05. The zero-order valence-electron chi connectivity index (χ0n) is 11.8. The number of aromatic nitrogens is 3. The van der Waals surface area contributed by atoms with Gasteiger partial charge in [0.2, 0.25) is 0 Å². The van der Waals surface area contributed by atoms with E-state index in [9.17, 15) is 0 Å². The molecular weight excluding hydrogens is 250 g/mol. The van der Waals surface area contributed by atoms with E-state index in [0.717, 1.165) is 33.9 Å². The van der Waals surface area contributed by atoms with Gasteiger partial charge in [0, 0.05) is 11.8 Å². The zero-order valence-corrected chi connectivity index (χ0v) is 11.8. The Kier molecular flexibility index (Phi) is 3.14. The van der Waals surface area contributed by atoms with Gasteiger partial charge in [0.05, 0.1) is 11.6 Å². The molecule has 0 unspecified atom stereocenters. The van der Waals surface area contributed by atoms with E-state index in [-0.39, 0.29) is 6.10 Å².